The number of aliphatic hydroxyl groups excluding tert-OH is 1. The minimum atomic E-state index is -0.00722. The molecule has 1 aromatic heterocycles. The zero-order valence-electron chi connectivity index (χ0n) is 7.62. The second-order valence-electron chi connectivity index (χ2n) is 3.46. The van der Waals surface area contributed by atoms with Crippen LogP contribution >= 0.6 is 0 Å². The SMILES string of the molecule is OCc1ccc([C@H]2CCCCN2)o1. The number of hydrogen-bond acceptors (Lipinski definition) is 3. The van der Waals surface area contributed by atoms with Gasteiger partial charge in [-0.3, -0.25) is 0 Å². The fourth-order valence-electron chi connectivity index (χ4n) is 1.76. The fourth-order valence-corrected chi connectivity index (χ4v) is 1.76. The predicted octanol–water partition coefficient (Wildman–Crippen LogP) is 1.59. The maximum atomic E-state index is 8.84. The summed E-state index contributed by atoms with van der Waals surface area (Å²) in [6.45, 7) is 1.06. The Morgan fingerprint density at radius 3 is 3.00 bits per heavy atom. The molecule has 1 atom stereocenters. The third-order valence-corrected chi connectivity index (χ3v) is 2.49. The highest BCUT2D eigenvalue weighted by Gasteiger charge is 2.17. The molecule has 0 bridgehead atoms. The summed E-state index contributed by atoms with van der Waals surface area (Å²) in [6, 6.07) is 4.15. The second-order valence-corrected chi connectivity index (χ2v) is 3.46. The van der Waals surface area contributed by atoms with Crippen molar-refractivity contribution in [3.63, 3.8) is 0 Å². The van der Waals surface area contributed by atoms with Crippen LogP contribution in [0.1, 0.15) is 36.8 Å². The fraction of sp³-hybridized carbons (Fsp3) is 0.600. The summed E-state index contributed by atoms with van der Waals surface area (Å²) >= 11 is 0. The van der Waals surface area contributed by atoms with Crippen molar-refractivity contribution in [3.05, 3.63) is 23.7 Å². The number of rotatable bonds is 2. The van der Waals surface area contributed by atoms with Crippen molar-refractivity contribution in [2.24, 2.45) is 0 Å². The number of aliphatic hydroxyl groups is 1. The van der Waals surface area contributed by atoms with Gasteiger partial charge in [-0.25, -0.2) is 0 Å². The van der Waals surface area contributed by atoms with Crippen LogP contribution in [0.5, 0.6) is 0 Å². The summed E-state index contributed by atoms with van der Waals surface area (Å²) in [5.41, 5.74) is 0. The molecular formula is C10H15NO2. The van der Waals surface area contributed by atoms with Gasteiger partial charge < -0.3 is 14.8 Å². The number of nitrogens with one attached hydrogen (secondary N) is 1. The lowest BCUT2D eigenvalue weighted by atomic mass is 10.0. The van der Waals surface area contributed by atoms with Gasteiger partial charge in [0.15, 0.2) is 0 Å². The van der Waals surface area contributed by atoms with E-state index in [1.807, 2.05) is 12.1 Å². The van der Waals surface area contributed by atoms with Crippen molar-refractivity contribution < 1.29 is 9.52 Å². The van der Waals surface area contributed by atoms with E-state index in [9.17, 15) is 0 Å². The second kappa shape index (κ2) is 3.94. The average molecular weight is 181 g/mol. The van der Waals surface area contributed by atoms with Gasteiger partial charge in [0.2, 0.25) is 0 Å². The van der Waals surface area contributed by atoms with E-state index in [2.05, 4.69) is 5.32 Å². The van der Waals surface area contributed by atoms with Crippen LogP contribution in [-0.2, 0) is 6.61 Å². The highest BCUT2D eigenvalue weighted by atomic mass is 16.4. The standard InChI is InChI=1S/C10H15NO2/c12-7-8-4-5-10(13-8)9-3-1-2-6-11-9/h4-5,9,11-12H,1-3,6-7H2/t9-/m1/s1. The quantitative estimate of drug-likeness (QED) is 0.728. The Bertz CT molecular complexity index is 264. The lowest BCUT2D eigenvalue weighted by Crippen LogP contribution is -2.26. The summed E-state index contributed by atoms with van der Waals surface area (Å²) in [6.07, 6.45) is 3.65. The molecule has 0 aliphatic carbocycles. The van der Waals surface area contributed by atoms with E-state index in [-0.39, 0.29) is 6.61 Å². The van der Waals surface area contributed by atoms with Gasteiger partial charge in [-0.15, -0.1) is 0 Å². The minimum absolute atomic E-state index is 0.00722. The zero-order valence-corrected chi connectivity index (χ0v) is 7.62. The molecular weight excluding hydrogens is 166 g/mol. The molecule has 2 N–H and O–H groups in total. The molecule has 1 saturated heterocycles. The molecule has 2 heterocycles. The molecule has 1 fully saturated rings. The Morgan fingerprint density at radius 2 is 2.38 bits per heavy atom. The first-order chi connectivity index (χ1) is 6.40. The molecule has 0 spiro atoms. The van der Waals surface area contributed by atoms with E-state index >= 15 is 0 Å². The van der Waals surface area contributed by atoms with Crippen molar-refractivity contribution in [3.8, 4) is 0 Å². The molecule has 1 aliphatic rings. The van der Waals surface area contributed by atoms with Gasteiger partial charge in [-0.1, -0.05) is 6.42 Å². The van der Waals surface area contributed by atoms with Crippen LogP contribution in [-0.4, -0.2) is 11.7 Å². The Kier molecular flexibility index (Phi) is 2.66. The largest absolute Gasteiger partial charge is 0.462 e. The van der Waals surface area contributed by atoms with Gasteiger partial charge in [-0.05, 0) is 31.5 Å². The number of furan rings is 1. The number of hydrogen-bond donors (Lipinski definition) is 2. The normalized spacial score (nSPS) is 23.3. The molecule has 0 unspecified atom stereocenters. The lowest BCUT2D eigenvalue weighted by molar-refractivity contribution is 0.236. The smallest absolute Gasteiger partial charge is 0.129 e. The van der Waals surface area contributed by atoms with E-state index in [1.54, 1.807) is 0 Å². The maximum Gasteiger partial charge on any atom is 0.129 e. The first kappa shape index (κ1) is 8.78. The zero-order chi connectivity index (χ0) is 9.10. The third-order valence-electron chi connectivity index (χ3n) is 2.49. The highest BCUT2D eigenvalue weighted by molar-refractivity contribution is 5.10. The van der Waals surface area contributed by atoms with E-state index in [0.717, 1.165) is 18.7 Å². The molecule has 3 heteroatoms. The van der Waals surface area contributed by atoms with Crippen molar-refractivity contribution in [2.75, 3.05) is 6.54 Å². The Hall–Kier alpha value is -0.800. The van der Waals surface area contributed by atoms with E-state index in [4.69, 9.17) is 9.52 Å². The van der Waals surface area contributed by atoms with Crippen molar-refractivity contribution in [1.29, 1.82) is 0 Å². The Labute approximate surface area is 77.8 Å². The molecule has 13 heavy (non-hydrogen) atoms. The molecule has 2 rings (SSSR count). The van der Waals surface area contributed by atoms with Gasteiger partial charge >= 0.3 is 0 Å². The molecule has 0 radical (unpaired) electrons. The average Bonchev–Trinajstić information content (AvgIpc) is 2.67. The molecule has 1 aliphatic heterocycles. The molecule has 1 aromatic rings. The maximum absolute atomic E-state index is 8.84. The summed E-state index contributed by atoms with van der Waals surface area (Å²) in [5.74, 6) is 1.62. The van der Waals surface area contributed by atoms with Crippen LogP contribution in [0.2, 0.25) is 0 Å². The third kappa shape index (κ3) is 1.92. The number of piperidine rings is 1. The van der Waals surface area contributed by atoms with E-state index < -0.39 is 0 Å². The van der Waals surface area contributed by atoms with Crippen molar-refractivity contribution >= 4 is 0 Å². The van der Waals surface area contributed by atoms with Crippen LogP contribution in [0.15, 0.2) is 16.5 Å². The van der Waals surface area contributed by atoms with Gasteiger partial charge in [-0.2, -0.15) is 0 Å². The lowest BCUT2D eigenvalue weighted by Gasteiger charge is -2.21. The summed E-state index contributed by atoms with van der Waals surface area (Å²) in [4.78, 5) is 0. The van der Waals surface area contributed by atoms with Crippen molar-refractivity contribution in [1.82, 2.24) is 5.32 Å². The van der Waals surface area contributed by atoms with Gasteiger partial charge in [0.05, 0.1) is 6.04 Å². The highest BCUT2D eigenvalue weighted by Crippen LogP contribution is 2.24. The van der Waals surface area contributed by atoms with E-state index in [1.165, 1.54) is 12.8 Å². The Morgan fingerprint density at radius 1 is 1.46 bits per heavy atom. The van der Waals surface area contributed by atoms with Crippen LogP contribution in [0, 0.1) is 0 Å². The summed E-state index contributed by atoms with van der Waals surface area (Å²) in [5, 5.41) is 12.2. The van der Waals surface area contributed by atoms with Gasteiger partial charge in [0.1, 0.15) is 18.1 Å². The van der Waals surface area contributed by atoms with Crippen LogP contribution < -0.4 is 5.32 Å². The molecule has 0 saturated carbocycles. The molecule has 0 aromatic carbocycles. The van der Waals surface area contributed by atoms with E-state index in [0.29, 0.717) is 11.8 Å². The van der Waals surface area contributed by atoms with Gasteiger partial charge in [0.25, 0.3) is 0 Å². The van der Waals surface area contributed by atoms with Crippen LogP contribution in [0.25, 0.3) is 0 Å². The predicted molar refractivity (Wildman–Crippen MR) is 49.2 cm³/mol. The van der Waals surface area contributed by atoms with Crippen LogP contribution in [0.4, 0.5) is 0 Å². The molecule has 72 valence electrons. The molecule has 0 amide bonds. The summed E-state index contributed by atoms with van der Waals surface area (Å²) < 4.78 is 5.46. The Balaban J connectivity index is 2.05. The molecule has 3 nitrogen and oxygen atoms in total. The monoisotopic (exact) mass is 181 g/mol. The van der Waals surface area contributed by atoms with Crippen molar-refractivity contribution in [2.45, 2.75) is 31.9 Å². The van der Waals surface area contributed by atoms with Gasteiger partial charge in [0, 0.05) is 0 Å². The summed E-state index contributed by atoms with van der Waals surface area (Å²) in [7, 11) is 0. The topological polar surface area (TPSA) is 45.4 Å². The van der Waals surface area contributed by atoms with Crippen LogP contribution in [0.3, 0.4) is 0 Å². The first-order valence-corrected chi connectivity index (χ1v) is 4.83. The minimum Gasteiger partial charge on any atom is -0.462 e. The first-order valence-electron chi connectivity index (χ1n) is 4.83.